The molecule has 0 amide bonds. The molecule has 0 bridgehead atoms. The topological polar surface area (TPSA) is 88.8 Å². The van der Waals surface area contributed by atoms with Gasteiger partial charge in [-0.15, -0.1) is 5.10 Å². The molecule has 0 spiro atoms. The van der Waals surface area contributed by atoms with E-state index in [1.165, 1.54) is 0 Å². The molecule has 2 heterocycles. The van der Waals surface area contributed by atoms with Crippen molar-refractivity contribution in [2.75, 3.05) is 5.32 Å². The number of hydrogen-bond donors (Lipinski definition) is 2. The van der Waals surface area contributed by atoms with Gasteiger partial charge in [-0.3, -0.25) is 0 Å². The standard InChI is InChI=1S/C21H26N6O/c1-14-10-16(12-17(11-14)24-20-22-9-7-15(2)23-20)18-13-27(26-25-18)19-6-4-5-8-21(19,3)28/h7,9-13,19,28H,4-6,8H2,1-3H3,(H,22,23,24)/t19-,21-/m1/s1. The fourth-order valence-corrected chi connectivity index (χ4v) is 3.92. The van der Waals surface area contributed by atoms with Gasteiger partial charge in [0.1, 0.15) is 5.69 Å². The highest BCUT2D eigenvalue weighted by atomic mass is 16.3. The summed E-state index contributed by atoms with van der Waals surface area (Å²) < 4.78 is 1.83. The van der Waals surface area contributed by atoms with Crippen LogP contribution in [-0.4, -0.2) is 35.7 Å². The highest BCUT2D eigenvalue weighted by molar-refractivity contribution is 5.68. The summed E-state index contributed by atoms with van der Waals surface area (Å²) in [5.74, 6) is 0.568. The maximum atomic E-state index is 10.7. The number of aliphatic hydroxyl groups is 1. The molecule has 0 aliphatic heterocycles. The number of rotatable bonds is 4. The molecule has 1 saturated carbocycles. The molecule has 0 unspecified atom stereocenters. The molecule has 1 aliphatic rings. The van der Waals surface area contributed by atoms with Crippen LogP contribution in [0.2, 0.25) is 0 Å². The van der Waals surface area contributed by atoms with Crippen LogP contribution < -0.4 is 5.32 Å². The van der Waals surface area contributed by atoms with Gasteiger partial charge in [-0.25, -0.2) is 14.6 Å². The molecule has 2 atom stereocenters. The second-order valence-corrected chi connectivity index (χ2v) is 7.94. The summed E-state index contributed by atoms with van der Waals surface area (Å²) in [6.45, 7) is 5.88. The smallest absolute Gasteiger partial charge is 0.227 e. The van der Waals surface area contributed by atoms with Crippen molar-refractivity contribution in [3.05, 3.63) is 47.9 Å². The van der Waals surface area contributed by atoms with Gasteiger partial charge in [0.05, 0.1) is 17.8 Å². The third kappa shape index (κ3) is 3.89. The largest absolute Gasteiger partial charge is 0.388 e. The molecule has 0 saturated heterocycles. The molecular formula is C21H26N6O. The summed E-state index contributed by atoms with van der Waals surface area (Å²) in [6, 6.07) is 7.98. The monoisotopic (exact) mass is 378 g/mol. The van der Waals surface area contributed by atoms with Gasteiger partial charge >= 0.3 is 0 Å². The summed E-state index contributed by atoms with van der Waals surface area (Å²) >= 11 is 0. The zero-order valence-corrected chi connectivity index (χ0v) is 16.6. The van der Waals surface area contributed by atoms with Gasteiger partial charge in [0, 0.05) is 23.1 Å². The van der Waals surface area contributed by atoms with Crippen molar-refractivity contribution in [1.29, 1.82) is 0 Å². The molecule has 1 aliphatic carbocycles. The van der Waals surface area contributed by atoms with Crippen molar-refractivity contribution in [3.63, 3.8) is 0 Å². The quantitative estimate of drug-likeness (QED) is 0.714. The highest BCUT2D eigenvalue weighted by Gasteiger charge is 2.36. The molecule has 1 aromatic carbocycles. The van der Waals surface area contributed by atoms with Crippen molar-refractivity contribution in [2.24, 2.45) is 0 Å². The first-order valence-electron chi connectivity index (χ1n) is 9.74. The average molecular weight is 378 g/mol. The van der Waals surface area contributed by atoms with E-state index < -0.39 is 5.60 Å². The molecule has 7 heteroatoms. The lowest BCUT2D eigenvalue weighted by Gasteiger charge is -2.36. The van der Waals surface area contributed by atoms with Crippen LogP contribution in [-0.2, 0) is 0 Å². The van der Waals surface area contributed by atoms with E-state index in [2.05, 4.69) is 31.7 Å². The van der Waals surface area contributed by atoms with E-state index in [-0.39, 0.29) is 6.04 Å². The Bertz CT molecular complexity index is 981. The van der Waals surface area contributed by atoms with Crippen molar-refractivity contribution in [2.45, 2.75) is 58.1 Å². The van der Waals surface area contributed by atoms with Crippen molar-refractivity contribution in [3.8, 4) is 11.3 Å². The fourth-order valence-electron chi connectivity index (χ4n) is 3.92. The number of aryl methyl sites for hydroxylation is 2. The summed E-state index contributed by atoms with van der Waals surface area (Å²) in [5.41, 5.74) is 3.93. The molecule has 1 fully saturated rings. The number of nitrogens with one attached hydrogen (secondary N) is 1. The van der Waals surface area contributed by atoms with Crippen LogP contribution in [0.4, 0.5) is 11.6 Å². The minimum absolute atomic E-state index is 0.0365. The number of anilines is 2. The maximum absolute atomic E-state index is 10.7. The maximum Gasteiger partial charge on any atom is 0.227 e. The predicted octanol–water partition coefficient (Wildman–Crippen LogP) is 3.96. The van der Waals surface area contributed by atoms with Crippen molar-refractivity contribution < 1.29 is 5.11 Å². The van der Waals surface area contributed by atoms with Crippen LogP contribution in [0, 0.1) is 13.8 Å². The van der Waals surface area contributed by atoms with Crippen molar-refractivity contribution in [1.82, 2.24) is 25.0 Å². The fraction of sp³-hybridized carbons (Fsp3) is 0.429. The number of hydrogen-bond acceptors (Lipinski definition) is 6. The van der Waals surface area contributed by atoms with Crippen LogP contribution in [0.5, 0.6) is 0 Å². The van der Waals surface area contributed by atoms with Crippen LogP contribution in [0.1, 0.15) is 49.9 Å². The first-order chi connectivity index (χ1) is 13.4. The molecule has 3 aromatic rings. The van der Waals surface area contributed by atoms with Crippen molar-refractivity contribution >= 4 is 11.6 Å². The van der Waals surface area contributed by atoms with Crippen LogP contribution >= 0.6 is 0 Å². The van der Waals surface area contributed by atoms with Crippen LogP contribution in [0.25, 0.3) is 11.3 Å². The Hall–Kier alpha value is -2.80. The van der Waals surface area contributed by atoms with E-state index in [0.29, 0.717) is 5.95 Å². The summed E-state index contributed by atoms with van der Waals surface area (Å²) in [4.78, 5) is 8.67. The van der Waals surface area contributed by atoms with E-state index in [4.69, 9.17) is 0 Å². The zero-order valence-electron chi connectivity index (χ0n) is 16.6. The van der Waals surface area contributed by atoms with E-state index in [9.17, 15) is 5.11 Å². The van der Waals surface area contributed by atoms with Gasteiger partial charge in [-0.1, -0.05) is 18.1 Å². The van der Waals surface area contributed by atoms with E-state index >= 15 is 0 Å². The zero-order chi connectivity index (χ0) is 19.7. The minimum atomic E-state index is -0.745. The third-order valence-corrected chi connectivity index (χ3v) is 5.38. The first kappa shape index (κ1) is 18.6. The Kier molecular flexibility index (Phi) is 4.85. The van der Waals surface area contributed by atoms with Gasteiger partial charge in [-0.2, -0.15) is 0 Å². The van der Waals surface area contributed by atoms with Crippen LogP contribution in [0.15, 0.2) is 36.7 Å². The second kappa shape index (κ2) is 7.31. The molecule has 4 rings (SSSR count). The minimum Gasteiger partial charge on any atom is -0.388 e. The Labute approximate surface area is 164 Å². The number of aromatic nitrogens is 5. The lowest BCUT2D eigenvalue weighted by molar-refractivity contribution is -0.0298. The van der Waals surface area contributed by atoms with E-state index in [1.807, 2.05) is 49.8 Å². The number of nitrogens with zero attached hydrogens (tertiary/aromatic N) is 5. The normalized spacial score (nSPS) is 22.2. The van der Waals surface area contributed by atoms with Gasteiger partial charge < -0.3 is 10.4 Å². The number of benzene rings is 1. The van der Waals surface area contributed by atoms with Gasteiger partial charge in [0.15, 0.2) is 0 Å². The molecule has 7 nitrogen and oxygen atoms in total. The molecule has 28 heavy (non-hydrogen) atoms. The predicted molar refractivity (Wildman–Crippen MR) is 108 cm³/mol. The summed E-state index contributed by atoms with van der Waals surface area (Å²) in [5, 5.41) is 22.7. The summed E-state index contributed by atoms with van der Waals surface area (Å²) in [6.07, 6.45) is 7.54. The molecule has 146 valence electrons. The molecular weight excluding hydrogens is 352 g/mol. The van der Waals surface area contributed by atoms with Crippen LogP contribution in [0.3, 0.4) is 0 Å². The second-order valence-electron chi connectivity index (χ2n) is 7.94. The average Bonchev–Trinajstić information content (AvgIpc) is 3.10. The highest BCUT2D eigenvalue weighted by Crippen LogP contribution is 2.37. The van der Waals surface area contributed by atoms with Gasteiger partial charge in [0.25, 0.3) is 0 Å². The summed E-state index contributed by atoms with van der Waals surface area (Å²) in [7, 11) is 0. The Morgan fingerprint density at radius 1 is 1.21 bits per heavy atom. The van der Waals surface area contributed by atoms with Gasteiger partial charge in [0.2, 0.25) is 5.95 Å². The van der Waals surface area contributed by atoms with E-state index in [1.54, 1.807) is 6.20 Å². The van der Waals surface area contributed by atoms with Gasteiger partial charge in [-0.05, 0) is 63.4 Å². The SMILES string of the molecule is Cc1cc(Nc2nccc(C)n2)cc(-c2cn([C@@H]3CCCC[C@@]3(C)O)nn2)c1. The Balaban J connectivity index is 1.61. The Morgan fingerprint density at radius 2 is 2.07 bits per heavy atom. The molecule has 0 radical (unpaired) electrons. The molecule has 2 aromatic heterocycles. The Morgan fingerprint density at radius 3 is 2.86 bits per heavy atom. The lowest BCUT2D eigenvalue weighted by Crippen LogP contribution is -2.39. The first-order valence-corrected chi connectivity index (χ1v) is 9.74. The van der Waals surface area contributed by atoms with E-state index in [0.717, 1.165) is 53.9 Å². The molecule has 2 N–H and O–H groups in total. The lowest BCUT2D eigenvalue weighted by atomic mass is 9.82. The third-order valence-electron chi connectivity index (χ3n) is 5.38.